The van der Waals surface area contributed by atoms with Crippen LogP contribution in [0.5, 0.6) is 5.75 Å². The first kappa shape index (κ1) is 13.5. The second kappa shape index (κ2) is 6.27. The third-order valence-electron chi connectivity index (χ3n) is 3.17. The quantitative estimate of drug-likeness (QED) is 0.765. The van der Waals surface area contributed by atoms with Gasteiger partial charge in [-0.05, 0) is 30.5 Å². The molecule has 1 atom stereocenters. The number of ether oxygens (including phenoxy) is 3. The van der Waals surface area contributed by atoms with Crippen LogP contribution in [-0.2, 0) is 20.7 Å². The van der Waals surface area contributed by atoms with Crippen LogP contribution >= 0.6 is 0 Å². The van der Waals surface area contributed by atoms with Crippen LogP contribution in [0.2, 0.25) is 0 Å². The largest absolute Gasteiger partial charge is 0.501 e. The molecule has 1 aromatic carbocycles. The first-order chi connectivity index (χ1) is 9.21. The topological polar surface area (TPSA) is 44.8 Å². The van der Waals surface area contributed by atoms with Crippen molar-refractivity contribution >= 4 is 5.97 Å². The van der Waals surface area contributed by atoms with E-state index in [-0.39, 0.29) is 12.1 Å². The number of carbonyl (C=O) groups is 1. The molecule has 0 N–H and O–H groups in total. The van der Waals surface area contributed by atoms with Crippen molar-refractivity contribution in [2.24, 2.45) is 0 Å². The second-order valence-electron chi connectivity index (χ2n) is 4.46. The summed E-state index contributed by atoms with van der Waals surface area (Å²) in [7, 11) is 3.22. The zero-order valence-electron chi connectivity index (χ0n) is 11.2. The van der Waals surface area contributed by atoms with Crippen LogP contribution in [0.25, 0.3) is 0 Å². The summed E-state index contributed by atoms with van der Waals surface area (Å²) >= 11 is 0. The van der Waals surface area contributed by atoms with Crippen LogP contribution in [0.4, 0.5) is 0 Å². The van der Waals surface area contributed by atoms with Crippen molar-refractivity contribution in [3.63, 3.8) is 0 Å². The van der Waals surface area contributed by atoms with Gasteiger partial charge in [-0.2, -0.15) is 0 Å². The average Bonchev–Trinajstić information content (AvgIpc) is 2.45. The fraction of sp³-hybridized carbons (Fsp3) is 0.400. The van der Waals surface area contributed by atoms with Gasteiger partial charge in [0.1, 0.15) is 17.6 Å². The van der Waals surface area contributed by atoms with E-state index in [2.05, 4.69) is 0 Å². The maximum atomic E-state index is 11.3. The Hall–Kier alpha value is -1.97. The van der Waals surface area contributed by atoms with Crippen LogP contribution in [0.3, 0.4) is 0 Å². The van der Waals surface area contributed by atoms with Crippen LogP contribution in [0.1, 0.15) is 18.4 Å². The van der Waals surface area contributed by atoms with E-state index in [1.807, 2.05) is 24.3 Å². The summed E-state index contributed by atoms with van der Waals surface area (Å²) in [6.45, 7) is 0. The molecule has 102 valence electrons. The standard InChI is InChI=1S/C15H18O4/c1-17-12-6-3-11(4-7-12)5-8-13-9-14(18-2)10-15(16)19-13/h3-4,6-7,10,13H,5,8-9H2,1-2H3/t13-/m0/s1. The van der Waals surface area contributed by atoms with Crippen LogP contribution in [0.15, 0.2) is 36.1 Å². The molecule has 1 aliphatic heterocycles. The van der Waals surface area contributed by atoms with Gasteiger partial charge in [0, 0.05) is 6.42 Å². The fourth-order valence-electron chi connectivity index (χ4n) is 2.08. The van der Waals surface area contributed by atoms with Crippen molar-refractivity contribution in [2.75, 3.05) is 14.2 Å². The number of methoxy groups -OCH3 is 2. The third-order valence-corrected chi connectivity index (χ3v) is 3.17. The predicted molar refractivity (Wildman–Crippen MR) is 70.9 cm³/mol. The summed E-state index contributed by atoms with van der Waals surface area (Å²) in [5, 5.41) is 0. The Balaban J connectivity index is 1.88. The third kappa shape index (κ3) is 3.74. The highest BCUT2D eigenvalue weighted by Crippen LogP contribution is 2.21. The van der Waals surface area contributed by atoms with Crippen molar-refractivity contribution in [1.82, 2.24) is 0 Å². The van der Waals surface area contributed by atoms with Gasteiger partial charge in [0.25, 0.3) is 0 Å². The monoisotopic (exact) mass is 262 g/mol. The molecule has 2 rings (SSSR count). The van der Waals surface area contributed by atoms with Gasteiger partial charge in [0.05, 0.1) is 20.3 Å². The Morgan fingerprint density at radius 3 is 2.58 bits per heavy atom. The van der Waals surface area contributed by atoms with Crippen molar-refractivity contribution in [1.29, 1.82) is 0 Å². The number of benzene rings is 1. The lowest BCUT2D eigenvalue weighted by Gasteiger charge is -2.22. The Kier molecular flexibility index (Phi) is 4.44. The Morgan fingerprint density at radius 1 is 1.21 bits per heavy atom. The summed E-state index contributed by atoms with van der Waals surface area (Å²) in [5.41, 5.74) is 1.20. The molecule has 4 heteroatoms. The maximum Gasteiger partial charge on any atom is 0.334 e. The summed E-state index contributed by atoms with van der Waals surface area (Å²) in [4.78, 5) is 11.3. The normalized spacial score (nSPS) is 18.5. The van der Waals surface area contributed by atoms with Gasteiger partial charge in [-0.3, -0.25) is 0 Å². The first-order valence-electron chi connectivity index (χ1n) is 6.29. The van der Waals surface area contributed by atoms with Gasteiger partial charge < -0.3 is 14.2 Å². The number of rotatable bonds is 5. The Bertz CT molecular complexity index is 462. The summed E-state index contributed by atoms with van der Waals surface area (Å²) in [5.74, 6) is 1.22. The molecule has 0 spiro atoms. The lowest BCUT2D eigenvalue weighted by molar-refractivity contribution is -0.145. The minimum atomic E-state index is -0.317. The first-order valence-corrected chi connectivity index (χ1v) is 6.29. The lowest BCUT2D eigenvalue weighted by atomic mass is 10.0. The van der Waals surface area contributed by atoms with E-state index in [9.17, 15) is 4.79 Å². The van der Waals surface area contributed by atoms with Crippen LogP contribution in [-0.4, -0.2) is 26.3 Å². The van der Waals surface area contributed by atoms with Crippen molar-refractivity contribution in [3.8, 4) is 5.75 Å². The highest BCUT2D eigenvalue weighted by molar-refractivity contribution is 5.83. The van der Waals surface area contributed by atoms with Gasteiger partial charge in [-0.25, -0.2) is 4.79 Å². The lowest BCUT2D eigenvalue weighted by Crippen LogP contribution is -2.23. The van der Waals surface area contributed by atoms with E-state index in [1.54, 1.807) is 14.2 Å². The van der Waals surface area contributed by atoms with E-state index in [0.29, 0.717) is 12.2 Å². The highest BCUT2D eigenvalue weighted by Gasteiger charge is 2.21. The Labute approximate surface area is 113 Å². The van der Waals surface area contributed by atoms with Gasteiger partial charge in [-0.1, -0.05) is 12.1 Å². The highest BCUT2D eigenvalue weighted by atomic mass is 16.5. The van der Waals surface area contributed by atoms with E-state index in [4.69, 9.17) is 14.2 Å². The zero-order valence-corrected chi connectivity index (χ0v) is 11.2. The number of esters is 1. The molecule has 19 heavy (non-hydrogen) atoms. The van der Waals surface area contributed by atoms with E-state index < -0.39 is 0 Å². The summed E-state index contributed by atoms with van der Waals surface area (Å²) in [6.07, 6.45) is 3.61. The van der Waals surface area contributed by atoms with Gasteiger partial charge in [-0.15, -0.1) is 0 Å². The minimum Gasteiger partial charge on any atom is -0.501 e. The van der Waals surface area contributed by atoms with Gasteiger partial charge in [0.2, 0.25) is 0 Å². The molecule has 0 amide bonds. The number of aryl methyl sites for hydroxylation is 1. The van der Waals surface area contributed by atoms with Crippen LogP contribution < -0.4 is 4.74 Å². The molecule has 4 nitrogen and oxygen atoms in total. The predicted octanol–water partition coefficient (Wildman–Crippen LogP) is 2.47. The molecule has 0 aliphatic carbocycles. The Morgan fingerprint density at radius 2 is 1.95 bits per heavy atom. The average molecular weight is 262 g/mol. The van der Waals surface area contributed by atoms with Crippen molar-refractivity contribution in [3.05, 3.63) is 41.7 Å². The maximum absolute atomic E-state index is 11.3. The van der Waals surface area contributed by atoms with E-state index in [1.165, 1.54) is 11.6 Å². The molecular weight excluding hydrogens is 244 g/mol. The molecular formula is C15H18O4. The number of hydrogen-bond donors (Lipinski definition) is 0. The van der Waals surface area contributed by atoms with E-state index >= 15 is 0 Å². The van der Waals surface area contributed by atoms with Crippen molar-refractivity contribution < 1.29 is 19.0 Å². The summed E-state index contributed by atoms with van der Waals surface area (Å²) < 4.78 is 15.5. The molecule has 0 bridgehead atoms. The van der Waals surface area contributed by atoms with Gasteiger partial charge >= 0.3 is 5.97 Å². The molecule has 1 heterocycles. The van der Waals surface area contributed by atoms with Crippen LogP contribution in [0, 0.1) is 0 Å². The van der Waals surface area contributed by atoms with Crippen molar-refractivity contribution in [2.45, 2.75) is 25.4 Å². The number of hydrogen-bond acceptors (Lipinski definition) is 4. The summed E-state index contributed by atoms with van der Waals surface area (Å²) in [6, 6.07) is 7.92. The minimum absolute atomic E-state index is 0.102. The zero-order chi connectivity index (χ0) is 13.7. The SMILES string of the molecule is COC1=CC(=O)O[C@@H](CCc2ccc(OC)cc2)C1. The smallest absolute Gasteiger partial charge is 0.334 e. The molecule has 0 saturated heterocycles. The second-order valence-corrected chi connectivity index (χ2v) is 4.46. The van der Waals surface area contributed by atoms with E-state index in [0.717, 1.165) is 18.6 Å². The molecule has 0 fully saturated rings. The molecule has 1 aliphatic rings. The number of cyclic esters (lactones) is 1. The van der Waals surface area contributed by atoms with Gasteiger partial charge in [0.15, 0.2) is 0 Å². The fourth-order valence-corrected chi connectivity index (χ4v) is 2.08. The molecule has 0 saturated carbocycles. The molecule has 0 unspecified atom stereocenters. The molecule has 0 aromatic heterocycles. The molecule has 1 aromatic rings. The number of carbonyl (C=O) groups excluding carboxylic acids is 1. The molecule has 0 radical (unpaired) electrons.